The fourth-order valence-electron chi connectivity index (χ4n) is 4.57. The number of halogens is 2. The number of pyridine rings is 1. The SMILES string of the molecule is CCOC(=O)c1cn2c(c(F)c1=O)-c1cc(Cl)c(OCC3CC3)cc1CC21CCC1. The number of benzene rings is 1. The number of esters is 1. The number of ether oxygens (including phenoxy) is 2. The predicted octanol–water partition coefficient (Wildman–Crippen LogP) is 4.71. The van der Waals surface area contributed by atoms with Gasteiger partial charge in [-0.25, -0.2) is 9.18 Å². The molecule has 5 nitrogen and oxygen atoms in total. The lowest BCUT2D eigenvalue weighted by Crippen LogP contribution is -2.47. The second-order valence-electron chi connectivity index (χ2n) is 8.57. The van der Waals surface area contributed by atoms with Gasteiger partial charge in [-0.3, -0.25) is 4.79 Å². The van der Waals surface area contributed by atoms with E-state index in [1.165, 1.54) is 19.0 Å². The Bertz CT molecular complexity index is 1100. The topological polar surface area (TPSA) is 57.5 Å². The van der Waals surface area contributed by atoms with Crippen LogP contribution in [0.2, 0.25) is 5.02 Å². The van der Waals surface area contributed by atoms with Crippen molar-refractivity contribution in [1.82, 2.24) is 4.57 Å². The molecule has 5 rings (SSSR count). The first-order chi connectivity index (χ1) is 14.4. The van der Waals surface area contributed by atoms with Gasteiger partial charge < -0.3 is 14.0 Å². The first kappa shape index (κ1) is 19.6. The maximum atomic E-state index is 15.4. The van der Waals surface area contributed by atoms with E-state index in [9.17, 15) is 9.59 Å². The van der Waals surface area contributed by atoms with Crippen LogP contribution in [0, 0.1) is 11.7 Å². The first-order valence-corrected chi connectivity index (χ1v) is 10.9. The van der Waals surface area contributed by atoms with Gasteiger partial charge in [0.2, 0.25) is 5.43 Å². The van der Waals surface area contributed by atoms with Crippen LogP contribution in [0.25, 0.3) is 11.3 Å². The van der Waals surface area contributed by atoms with Crippen LogP contribution >= 0.6 is 11.6 Å². The monoisotopic (exact) mass is 431 g/mol. The van der Waals surface area contributed by atoms with Crippen molar-refractivity contribution in [1.29, 1.82) is 0 Å². The van der Waals surface area contributed by atoms with Crippen LogP contribution in [0.5, 0.6) is 5.75 Å². The second kappa shape index (κ2) is 7.12. The summed E-state index contributed by atoms with van der Waals surface area (Å²) in [6.07, 6.45) is 7.22. The highest BCUT2D eigenvalue weighted by atomic mass is 35.5. The highest BCUT2D eigenvalue weighted by molar-refractivity contribution is 6.32. The molecular formula is C23H23ClFNO4. The van der Waals surface area contributed by atoms with Crippen molar-refractivity contribution in [3.05, 3.63) is 50.5 Å². The molecule has 0 radical (unpaired) electrons. The molecule has 7 heteroatoms. The summed E-state index contributed by atoms with van der Waals surface area (Å²) in [6.45, 7) is 2.41. The van der Waals surface area contributed by atoms with Crippen molar-refractivity contribution in [2.24, 2.45) is 5.92 Å². The number of fused-ring (bicyclic) bond motifs is 4. The van der Waals surface area contributed by atoms with Crippen LogP contribution in [-0.4, -0.2) is 23.8 Å². The number of aromatic nitrogens is 1. The van der Waals surface area contributed by atoms with Gasteiger partial charge in [-0.2, -0.15) is 0 Å². The van der Waals surface area contributed by atoms with Gasteiger partial charge in [-0.15, -0.1) is 0 Å². The van der Waals surface area contributed by atoms with E-state index in [4.69, 9.17) is 21.1 Å². The Morgan fingerprint density at radius 1 is 1.33 bits per heavy atom. The summed E-state index contributed by atoms with van der Waals surface area (Å²) < 4.78 is 28.1. The number of rotatable bonds is 5. The normalized spacial score (nSPS) is 18.4. The molecule has 0 unspecified atom stereocenters. The average molecular weight is 432 g/mol. The van der Waals surface area contributed by atoms with Crippen LogP contribution in [0.4, 0.5) is 4.39 Å². The molecular weight excluding hydrogens is 409 g/mol. The molecule has 2 aliphatic carbocycles. The molecule has 30 heavy (non-hydrogen) atoms. The van der Waals surface area contributed by atoms with Crippen LogP contribution in [0.15, 0.2) is 23.1 Å². The summed E-state index contributed by atoms with van der Waals surface area (Å²) in [6, 6.07) is 3.58. The fourth-order valence-corrected chi connectivity index (χ4v) is 4.79. The Morgan fingerprint density at radius 2 is 2.10 bits per heavy atom. The Hall–Kier alpha value is -2.34. The Kier molecular flexibility index (Phi) is 4.65. The van der Waals surface area contributed by atoms with Crippen LogP contribution in [0.1, 0.15) is 54.9 Å². The third-order valence-corrected chi connectivity index (χ3v) is 6.84. The smallest absolute Gasteiger partial charge is 0.343 e. The molecule has 0 bridgehead atoms. The Labute approximate surface area is 178 Å². The minimum Gasteiger partial charge on any atom is -0.492 e. The van der Waals surface area contributed by atoms with Crippen molar-refractivity contribution >= 4 is 17.6 Å². The van der Waals surface area contributed by atoms with E-state index < -0.39 is 17.2 Å². The van der Waals surface area contributed by atoms with Crippen LogP contribution in [0.3, 0.4) is 0 Å². The first-order valence-electron chi connectivity index (χ1n) is 10.5. The summed E-state index contributed by atoms with van der Waals surface area (Å²) >= 11 is 6.46. The van der Waals surface area contributed by atoms with E-state index >= 15 is 4.39 Å². The number of carbonyl (C=O) groups excluding carboxylic acids is 1. The third kappa shape index (κ3) is 3.04. The number of hydrogen-bond acceptors (Lipinski definition) is 4. The van der Waals surface area contributed by atoms with Crippen molar-refractivity contribution < 1.29 is 18.7 Å². The average Bonchev–Trinajstić information content (AvgIpc) is 3.51. The maximum absolute atomic E-state index is 15.4. The summed E-state index contributed by atoms with van der Waals surface area (Å²) in [5.74, 6) is -0.529. The zero-order valence-corrected chi connectivity index (χ0v) is 17.6. The molecule has 0 amide bonds. The molecule has 2 aromatic rings. The molecule has 2 heterocycles. The lowest BCUT2D eigenvalue weighted by atomic mass is 9.69. The van der Waals surface area contributed by atoms with Gasteiger partial charge in [-0.05, 0) is 69.1 Å². The zero-order chi connectivity index (χ0) is 21.0. The van der Waals surface area contributed by atoms with Crippen molar-refractivity contribution in [2.45, 2.75) is 51.0 Å². The van der Waals surface area contributed by atoms with Crippen LogP contribution in [-0.2, 0) is 16.7 Å². The molecule has 1 aromatic heterocycles. The van der Waals surface area contributed by atoms with E-state index in [0.29, 0.717) is 35.3 Å². The van der Waals surface area contributed by atoms with Gasteiger partial charge in [0, 0.05) is 17.3 Å². The second-order valence-corrected chi connectivity index (χ2v) is 8.98. The lowest BCUT2D eigenvalue weighted by molar-refractivity contribution is 0.0520. The summed E-state index contributed by atoms with van der Waals surface area (Å²) in [5.41, 5.74) is 0.160. The van der Waals surface area contributed by atoms with E-state index in [-0.39, 0.29) is 23.4 Å². The summed E-state index contributed by atoms with van der Waals surface area (Å²) in [4.78, 5) is 24.9. The van der Waals surface area contributed by atoms with E-state index in [1.807, 2.05) is 6.07 Å². The van der Waals surface area contributed by atoms with E-state index in [0.717, 1.165) is 24.8 Å². The minimum atomic E-state index is -0.938. The van der Waals surface area contributed by atoms with Crippen LogP contribution < -0.4 is 10.2 Å². The van der Waals surface area contributed by atoms with Gasteiger partial charge >= 0.3 is 5.97 Å². The quantitative estimate of drug-likeness (QED) is 0.643. The highest BCUT2D eigenvalue weighted by Gasteiger charge is 2.45. The number of nitrogens with zero attached hydrogens (tertiary/aromatic N) is 1. The zero-order valence-electron chi connectivity index (χ0n) is 16.8. The van der Waals surface area contributed by atoms with Gasteiger partial charge in [0.25, 0.3) is 0 Å². The molecule has 0 saturated heterocycles. The van der Waals surface area contributed by atoms with E-state index in [2.05, 4.69) is 0 Å². The molecule has 2 fully saturated rings. The van der Waals surface area contributed by atoms with Crippen molar-refractivity contribution in [3.63, 3.8) is 0 Å². The van der Waals surface area contributed by atoms with Crippen molar-refractivity contribution in [3.8, 4) is 17.0 Å². The number of hydrogen-bond donors (Lipinski definition) is 0. The van der Waals surface area contributed by atoms with Gasteiger partial charge in [-0.1, -0.05) is 11.6 Å². The maximum Gasteiger partial charge on any atom is 0.343 e. The van der Waals surface area contributed by atoms with Gasteiger partial charge in [0.15, 0.2) is 5.82 Å². The Balaban J connectivity index is 1.66. The molecule has 1 spiro atoms. The van der Waals surface area contributed by atoms with Gasteiger partial charge in [0.1, 0.15) is 11.3 Å². The molecule has 1 aliphatic heterocycles. The molecule has 2 saturated carbocycles. The largest absolute Gasteiger partial charge is 0.492 e. The standard InChI is InChI=1S/C23H23ClFNO4/c1-2-29-22(28)16-11-26-20(19(25)21(16)27)15-9-17(24)18(30-12-13-4-5-13)8-14(15)10-23(26)6-3-7-23/h8-9,11,13H,2-7,10,12H2,1H3. The summed E-state index contributed by atoms with van der Waals surface area (Å²) in [5, 5.41) is 0.395. The fraction of sp³-hybridized carbons (Fsp3) is 0.478. The lowest BCUT2D eigenvalue weighted by Gasteiger charge is -2.48. The highest BCUT2D eigenvalue weighted by Crippen LogP contribution is 2.50. The molecule has 1 aromatic carbocycles. The predicted molar refractivity (Wildman–Crippen MR) is 111 cm³/mol. The summed E-state index contributed by atoms with van der Waals surface area (Å²) in [7, 11) is 0. The molecule has 3 aliphatic rings. The third-order valence-electron chi connectivity index (χ3n) is 6.55. The van der Waals surface area contributed by atoms with Crippen molar-refractivity contribution in [2.75, 3.05) is 13.2 Å². The molecule has 0 atom stereocenters. The Morgan fingerprint density at radius 3 is 2.73 bits per heavy atom. The molecule has 0 N–H and O–H groups in total. The van der Waals surface area contributed by atoms with E-state index in [1.54, 1.807) is 17.6 Å². The molecule has 158 valence electrons. The van der Waals surface area contributed by atoms with Gasteiger partial charge in [0.05, 0.1) is 23.9 Å². The minimum absolute atomic E-state index is 0.120. The number of carbonyl (C=O) groups is 1.